The zero-order valence-electron chi connectivity index (χ0n) is 8.94. The average molecular weight is 242 g/mol. The van der Waals surface area contributed by atoms with E-state index in [2.05, 4.69) is 4.99 Å². The SMILES string of the molecule is CC1=NC(Cl)=C(c2ccc(C)c(F)c2F)C1. The Hall–Kier alpha value is -1.22. The predicted octanol–water partition coefficient (Wildman–Crippen LogP) is 4.05. The Morgan fingerprint density at radius 2 is 1.88 bits per heavy atom. The van der Waals surface area contributed by atoms with Gasteiger partial charge in [0.1, 0.15) is 5.16 Å². The molecule has 0 aliphatic carbocycles. The first-order chi connectivity index (χ1) is 7.50. The van der Waals surface area contributed by atoms with E-state index in [-0.39, 0.29) is 16.3 Å². The highest BCUT2D eigenvalue weighted by molar-refractivity contribution is 6.34. The van der Waals surface area contributed by atoms with Gasteiger partial charge in [-0.15, -0.1) is 0 Å². The van der Waals surface area contributed by atoms with Crippen molar-refractivity contribution in [1.29, 1.82) is 0 Å². The van der Waals surface area contributed by atoms with E-state index < -0.39 is 11.6 Å². The molecule has 0 aromatic heterocycles. The summed E-state index contributed by atoms with van der Waals surface area (Å²) in [6.45, 7) is 3.33. The van der Waals surface area contributed by atoms with Gasteiger partial charge in [0.25, 0.3) is 0 Å². The fraction of sp³-hybridized carbons (Fsp3) is 0.250. The number of aliphatic imine (C=N–C) groups is 1. The van der Waals surface area contributed by atoms with E-state index in [1.807, 2.05) is 0 Å². The Labute approximate surface area is 97.5 Å². The molecule has 1 aliphatic rings. The largest absolute Gasteiger partial charge is 0.245 e. The average Bonchev–Trinajstić information content (AvgIpc) is 2.55. The van der Waals surface area contributed by atoms with Crippen molar-refractivity contribution < 1.29 is 8.78 Å². The van der Waals surface area contributed by atoms with Crippen LogP contribution in [0.3, 0.4) is 0 Å². The molecule has 1 nitrogen and oxygen atoms in total. The summed E-state index contributed by atoms with van der Waals surface area (Å²) in [5, 5.41) is 0.250. The molecule has 0 bridgehead atoms. The molecule has 0 saturated heterocycles. The van der Waals surface area contributed by atoms with E-state index in [1.54, 1.807) is 19.1 Å². The predicted molar refractivity (Wildman–Crippen MR) is 61.6 cm³/mol. The summed E-state index contributed by atoms with van der Waals surface area (Å²) in [5.74, 6) is -1.67. The maximum absolute atomic E-state index is 13.7. The lowest BCUT2D eigenvalue weighted by Gasteiger charge is -2.07. The van der Waals surface area contributed by atoms with Gasteiger partial charge in [0.15, 0.2) is 11.6 Å². The van der Waals surface area contributed by atoms with Gasteiger partial charge < -0.3 is 0 Å². The van der Waals surface area contributed by atoms with Gasteiger partial charge in [0, 0.05) is 23.3 Å². The molecule has 4 heteroatoms. The first-order valence-corrected chi connectivity index (χ1v) is 5.26. The third-order valence-corrected chi connectivity index (χ3v) is 2.88. The number of benzene rings is 1. The van der Waals surface area contributed by atoms with Crippen molar-refractivity contribution in [1.82, 2.24) is 0 Å². The number of allylic oxidation sites excluding steroid dienone is 1. The lowest BCUT2D eigenvalue weighted by molar-refractivity contribution is 0.500. The van der Waals surface area contributed by atoms with Crippen LogP contribution in [0.15, 0.2) is 22.3 Å². The van der Waals surface area contributed by atoms with Crippen LogP contribution in [0.25, 0.3) is 5.57 Å². The van der Waals surface area contributed by atoms with Crippen molar-refractivity contribution in [2.75, 3.05) is 0 Å². The molecule has 0 spiro atoms. The maximum atomic E-state index is 13.7. The molecule has 1 aromatic carbocycles. The van der Waals surface area contributed by atoms with Crippen molar-refractivity contribution >= 4 is 22.9 Å². The summed E-state index contributed by atoms with van der Waals surface area (Å²) >= 11 is 5.87. The molecule has 84 valence electrons. The highest BCUT2D eigenvalue weighted by Gasteiger charge is 2.20. The van der Waals surface area contributed by atoms with Gasteiger partial charge in [-0.3, -0.25) is 0 Å². The van der Waals surface area contributed by atoms with Gasteiger partial charge in [-0.25, -0.2) is 13.8 Å². The Morgan fingerprint density at radius 1 is 1.19 bits per heavy atom. The quantitative estimate of drug-likeness (QED) is 0.658. The molecule has 0 atom stereocenters. The number of nitrogens with zero attached hydrogens (tertiary/aromatic N) is 1. The number of hydrogen-bond acceptors (Lipinski definition) is 1. The molecule has 16 heavy (non-hydrogen) atoms. The van der Waals surface area contributed by atoms with Crippen LogP contribution in [-0.4, -0.2) is 5.71 Å². The third kappa shape index (κ3) is 1.76. The third-order valence-electron chi connectivity index (χ3n) is 2.57. The summed E-state index contributed by atoms with van der Waals surface area (Å²) in [4.78, 5) is 4.01. The Morgan fingerprint density at radius 3 is 2.44 bits per heavy atom. The molecule has 0 unspecified atom stereocenters. The minimum Gasteiger partial charge on any atom is -0.245 e. The number of rotatable bonds is 1. The van der Waals surface area contributed by atoms with Crippen LogP contribution in [0.4, 0.5) is 8.78 Å². The molecule has 0 fully saturated rings. The van der Waals surface area contributed by atoms with Crippen LogP contribution in [0.2, 0.25) is 0 Å². The molecule has 0 radical (unpaired) electrons. The fourth-order valence-electron chi connectivity index (χ4n) is 1.69. The second-order valence-corrected chi connectivity index (χ2v) is 4.21. The van der Waals surface area contributed by atoms with Gasteiger partial charge in [-0.05, 0) is 19.4 Å². The van der Waals surface area contributed by atoms with Crippen LogP contribution in [0.1, 0.15) is 24.5 Å². The van der Waals surface area contributed by atoms with E-state index in [0.717, 1.165) is 5.71 Å². The second kappa shape index (κ2) is 3.98. The van der Waals surface area contributed by atoms with E-state index in [9.17, 15) is 8.78 Å². The second-order valence-electron chi connectivity index (χ2n) is 3.85. The van der Waals surface area contributed by atoms with Gasteiger partial charge in [0.2, 0.25) is 0 Å². The minimum absolute atomic E-state index is 0.203. The lowest BCUT2D eigenvalue weighted by Crippen LogP contribution is -1.97. The fourth-order valence-corrected chi connectivity index (χ4v) is 2.00. The summed E-state index contributed by atoms with van der Waals surface area (Å²) in [6.07, 6.45) is 0.470. The summed E-state index contributed by atoms with van der Waals surface area (Å²) in [6, 6.07) is 3.08. The van der Waals surface area contributed by atoms with E-state index in [0.29, 0.717) is 12.0 Å². The molecular formula is C12H10ClF2N. The highest BCUT2D eigenvalue weighted by Crippen LogP contribution is 2.33. The normalized spacial score (nSPS) is 15.7. The summed E-state index contributed by atoms with van der Waals surface area (Å²) in [5.41, 5.74) is 1.85. The zero-order valence-corrected chi connectivity index (χ0v) is 9.70. The summed E-state index contributed by atoms with van der Waals surface area (Å²) < 4.78 is 27.1. The lowest BCUT2D eigenvalue weighted by atomic mass is 10.0. The highest BCUT2D eigenvalue weighted by atomic mass is 35.5. The van der Waals surface area contributed by atoms with Crippen LogP contribution in [0.5, 0.6) is 0 Å². The molecular weight excluding hydrogens is 232 g/mol. The van der Waals surface area contributed by atoms with Gasteiger partial charge >= 0.3 is 0 Å². The van der Waals surface area contributed by atoms with Crippen molar-refractivity contribution in [3.63, 3.8) is 0 Å². The zero-order chi connectivity index (χ0) is 11.9. The number of hydrogen-bond donors (Lipinski definition) is 0. The Balaban J connectivity index is 2.52. The molecule has 0 amide bonds. The Bertz CT molecular complexity index is 518. The first kappa shape index (κ1) is 11.3. The van der Waals surface area contributed by atoms with Crippen LogP contribution >= 0.6 is 11.6 Å². The van der Waals surface area contributed by atoms with Gasteiger partial charge in [-0.2, -0.15) is 0 Å². The molecule has 1 heterocycles. The summed E-state index contributed by atoms with van der Waals surface area (Å²) in [7, 11) is 0. The van der Waals surface area contributed by atoms with Crippen LogP contribution in [0, 0.1) is 18.6 Å². The van der Waals surface area contributed by atoms with Crippen molar-refractivity contribution in [3.8, 4) is 0 Å². The maximum Gasteiger partial charge on any atom is 0.166 e. The molecule has 1 aromatic rings. The van der Waals surface area contributed by atoms with E-state index in [1.165, 1.54) is 6.92 Å². The van der Waals surface area contributed by atoms with Crippen LogP contribution in [-0.2, 0) is 0 Å². The molecule has 0 N–H and O–H groups in total. The van der Waals surface area contributed by atoms with Crippen molar-refractivity contribution in [3.05, 3.63) is 40.1 Å². The monoisotopic (exact) mass is 241 g/mol. The van der Waals surface area contributed by atoms with Gasteiger partial charge in [-0.1, -0.05) is 23.7 Å². The molecule has 0 saturated carbocycles. The van der Waals surface area contributed by atoms with Gasteiger partial charge in [0.05, 0.1) is 0 Å². The first-order valence-electron chi connectivity index (χ1n) is 4.88. The minimum atomic E-state index is -0.849. The molecule has 2 rings (SSSR count). The number of halogens is 3. The van der Waals surface area contributed by atoms with Crippen molar-refractivity contribution in [2.24, 2.45) is 4.99 Å². The number of aryl methyl sites for hydroxylation is 1. The van der Waals surface area contributed by atoms with E-state index in [4.69, 9.17) is 11.6 Å². The van der Waals surface area contributed by atoms with E-state index >= 15 is 0 Å². The topological polar surface area (TPSA) is 12.4 Å². The molecule has 1 aliphatic heterocycles. The van der Waals surface area contributed by atoms with Crippen molar-refractivity contribution in [2.45, 2.75) is 20.3 Å². The van der Waals surface area contributed by atoms with Crippen LogP contribution < -0.4 is 0 Å². The standard InChI is InChI=1S/C12H10ClF2N/c1-6-3-4-8(11(15)10(6)14)9-5-7(2)16-12(9)13/h3-4H,5H2,1-2H3. The Kier molecular flexibility index (Phi) is 2.80. The smallest absolute Gasteiger partial charge is 0.166 e.